The Labute approximate surface area is 134 Å². The monoisotopic (exact) mass is 348 g/mol. The quantitative estimate of drug-likeness (QED) is 0.819. The number of hydrogen-bond acceptors (Lipinski definition) is 4. The van der Waals surface area contributed by atoms with Crippen molar-refractivity contribution in [2.24, 2.45) is 0 Å². The van der Waals surface area contributed by atoms with E-state index in [1.54, 1.807) is 0 Å². The lowest BCUT2D eigenvalue weighted by Gasteiger charge is -2.12. The molecule has 1 aromatic heterocycles. The summed E-state index contributed by atoms with van der Waals surface area (Å²) in [7, 11) is 0. The van der Waals surface area contributed by atoms with Crippen LogP contribution in [0.2, 0.25) is 0 Å². The van der Waals surface area contributed by atoms with E-state index < -0.39 is 0 Å². The van der Waals surface area contributed by atoms with E-state index in [0.29, 0.717) is 0 Å². The first-order chi connectivity index (χ1) is 9.99. The van der Waals surface area contributed by atoms with E-state index in [1.807, 2.05) is 13.0 Å². The third kappa shape index (κ3) is 4.17. The largest absolute Gasteiger partial charge is 0.370 e. The zero-order chi connectivity index (χ0) is 15.4. The Bertz CT molecular complexity index is 617. The van der Waals surface area contributed by atoms with Crippen LogP contribution < -0.4 is 10.6 Å². The lowest BCUT2D eigenvalue weighted by molar-refractivity contribution is 0.955. The molecule has 0 aliphatic carbocycles. The average Bonchev–Trinajstić information content (AvgIpc) is 2.42. The van der Waals surface area contributed by atoms with E-state index in [9.17, 15) is 0 Å². The van der Waals surface area contributed by atoms with E-state index >= 15 is 0 Å². The predicted molar refractivity (Wildman–Crippen MR) is 92.4 cm³/mol. The number of halogens is 1. The second kappa shape index (κ2) is 6.89. The predicted octanol–water partition coefficient (Wildman–Crippen LogP) is 4.73. The smallest absolute Gasteiger partial charge is 0.136 e. The molecule has 0 atom stereocenters. The van der Waals surface area contributed by atoms with Gasteiger partial charge in [0.15, 0.2) is 0 Å². The number of rotatable bonds is 5. The molecule has 1 heterocycles. The Balaban J connectivity index is 2.24. The van der Waals surface area contributed by atoms with Crippen molar-refractivity contribution in [1.82, 2.24) is 9.97 Å². The summed E-state index contributed by atoms with van der Waals surface area (Å²) in [5, 5.41) is 6.65. The highest BCUT2D eigenvalue weighted by molar-refractivity contribution is 9.10. The molecule has 0 bridgehead atoms. The molecule has 2 rings (SSSR count). The van der Waals surface area contributed by atoms with Crippen LogP contribution in [0.1, 0.15) is 30.3 Å². The van der Waals surface area contributed by atoms with E-state index in [0.717, 1.165) is 40.6 Å². The van der Waals surface area contributed by atoms with Gasteiger partial charge in [0.05, 0.1) is 0 Å². The maximum Gasteiger partial charge on any atom is 0.136 e. The number of aryl methyl sites for hydroxylation is 3. The Kier molecular flexibility index (Phi) is 5.17. The third-order valence-corrected chi connectivity index (χ3v) is 4.35. The molecule has 0 amide bonds. The molecule has 0 radical (unpaired) electrons. The normalized spacial score (nSPS) is 10.5. The van der Waals surface area contributed by atoms with Crippen LogP contribution in [-0.2, 0) is 0 Å². The van der Waals surface area contributed by atoms with Crippen molar-refractivity contribution < 1.29 is 0 Å². The van der Waals surface area contributed by atoms with Crippen LogP contribution in [0.25, 0.3) is 0 Å². The van der Waals surface area contributed by atoms with Crippen LogP contribution in [0.5, 0.6) is 0 Å². The molecule has 112 valence electrons. The van der Waals surface area contributed by atoms with Gasteiger partial charge in [0.1, 0.15) is 17.5 Å². The molecule has 0 unspecified atom stereocenters. The summed E-state index contributed by atoms with van der Waals surface area (Å²) in [5.74, 6) is 2.42. The maximum absolute atomic E-state index is 4.45. The number of anilines is 3. The molecule has 1 aromatic carbocycles. The van der Waals surface area contributed by atoms with Gasteiger partial charge in [-0.2, -0.15) is 0 Å². The van der Waals surface area contributed by atoms with Crippen molar-refractivity contribution in [2.75, 3.05) is 17.2 Å². The van der Waals surface area contributed by atoms with Crippen molar-refractivity contribution in [1.29, 1.82) is 0 Å². The first-order valence-electron chi connectivity index (χ1n) is 7.13. The van der Waals surface area contributed by atoms with Crippen molar-refractivity contribution in [3.63, 3.8) is 0 Å². The molecule has 0 fully saturated rings. The third-order valence-electron chi connectivity index (χ3n) is 3.10. The summed E-state index contributed by atoms with van der Waals surface area (Å²) in [6, 6.07) is 6.15. The standard InChI is InChI=1S/C16H21BrN4/c1-5-6-18-14-9-15(20-12(4)19-14)21-13-7-10(2)16(17)11(3)8-13/h7-9H,5-6H2,1-4H3,(H2,18,19,20,21). The topological polar surface area (TPSA) is 49.8 Å². The molecular weight excluding hydrogens is 328 g/mol. The number of nitrogens with one attached hydrogen (secondary N) is 2. The van der Waals surface area contributed by atoms with Crippen LogP contribution in [0, 0.1) is 20.8 Å². The Hall–Kier alpha value is -1.62. The van der Waals surface area contributed by atoms with E-state index in [-0.39, 0.29) is 0 Å². The van der Waals surface area contributed by atoms with Crippen LogP contribution in [-0.4, -0.2) is 16.5 Å². The molecule has 21 heavy (non-hydrogen) atoms. The lowest BCUT2D eigenvalue weighted by Crippen LogP contribution is -2.05. The Morgan fingerprint density at radius 2 is 1.62 bits per heavy atom. The van der Waals surface area contributed by atoms with Crippen LogP contribution in [0.3, 0.4) is 0 Å². The minimum absolute atomic E-state index is 0.754. The minimum atomic E-state index is 0.754. The lowest BCUT2D eigenvalue weighted by atomic mass is 10.1. The Morgan fingerprint density at radius 3 is 2.24 bits per heavy atom. The molecular formula is C16H21BrN4. The fourth-order valence-corrected chi connectivity index (χ4v) is 2.37. The van der Waals surface area contributed by atoms with Crippen LogP contribution in [0.4, 0.5) is 17.3 Å². The molecule has 0 aliphatic heterocycles. The van der Waals surface area contributed by atoms with Gasteiger partial charge in [0.2, 0.25) is 0 Å². The van der Waals surface area contributed by atoms with E-state index in [4.69, 9.17) is 0 Å². The van der Waals surface area contributed by atoms with Crippen molar-refractivity contribution in [2.45, 2.75) is 34.1 Å². The number of benzene rings is 1. The van der Waals surface area contributed by atoms with Crippen LogP contribution >= 0.6 is 15.9 Å². The van der Waals surface area contributed by atoms with Crippen LogP contribution in [0.15, 0.2) is 22.7 Å². The summed E-state index contributed by atoms with van der Waals surface area (Å²) in [6.07, 6.45) is 1.07. The van der Waals surface area contributed by atoms with Gasteiger partial charge in [0, 0.05) is 22.8 Å². The SMILES string of the molecule is CCCNc1cc(Nc2cc(C)c(Br)c(C)c2)nc(C)n1. The average molecular weight is 349 g/mol. The van der Waals surface area contributed by atoms with Gasteiger partial charge in [-0.15, -0.1) is 0 Å². The Morgan fingerprint density at radius 1 is 1.00 bits per heavy atom. The molecule has 0 spiro atoms. The van der Waals surface area contributed by atoms with Crippen molar-refractivity contribution >= 4 is 33.3 Å². The summed E-state index contributed by atoms with van der Waals surface area (Å²) >= 11 is 3.59. The highest BCUT2D eigenvalue weighted by Crippen LogP contribution is 2.27. The fourth-order valence-electron chi connectivity index (χ4n) is 2.14. The van der Waals surface area contributed by atoms with Gasteiger partial charge >= 0.3 is 0 Å². The zero-order valence-corrected chi connectivity index (χ0v) is 14.5. The first-order valence-corrected chi connectivity index (χ1v) is 7.92. The van der Waals surface area contributed by atoms with Gasteiger partial charge in [0.25, 0.3) is 0 Å². The number of hydrogen-bond donors (Lipinski definition) is 2. The molecule has 0 aliphatic rings. The van der Waals surface area contributed by atoms with Crippen molar-refractivity contribution in [3.8, 4) is 0 Å². The second-order valence-electron chi connectivity index (χ2n) is 5.16. The van der Waals surface area contributed by atoms with E-state index in [1.165, 1.54) is 11.1 Å². The summed E-state index contributed by atoms with van der Waals surface area (Å²) in [6.45, 7) is 9.11. The zero-order valence-electron chi connectivity index (χ0n) is 12.9. The molecule has 0 saturated heterocycles. The van der Waals surface area contributed by atoms with Gasteiger partial charge in [-0.25, -0.2) is 9.97 Å². The second-order valence-corrected chi connectivity index (χ2v) is 5.95. The first kappa shape index (κ1) is 15.8. The van der Waals surface area contributed by atoms with Gasteiger partial charge in [-0.05, 0) is 50.5 Å². The number of nitrogens with zero attached hydrogens (tertiary/aromatic N) is 2. The summed E-state index contributed by atoms with van der Waals surface area (Å²) < 4.78 is 1.15. The van der Waals surface area contributed by atoms with Gasteiger partial charge < -0.3 is 10.6 Å². The van der Waals surface area contributed by atoms with Crippen molar-refractivity contribution in [3.05, 3.63) is 39.6 Å². The van der Waals surface area contributed by atoms with Gasteiger partial charge in [-0.1, -0.05) is 22.9 Å². The summed E-state index contributed by atoms with van der Waals surface area (Å²) in [4.78, 5) is 8.84. The number of aromatic nitrogens is 2. The molecule has 2 aromatic rings. The summed E-state index contributed by atoms with van der Waals surface area (Å²) in [5.41, 5.74) is 3.44. The molecule has 5 heteroatoms. The highest BCUT2D eigenvalue weighted by Gasteiger charge is 2.05. The maximum atomic E-state index is 4.45. The molecule has 0 saturated carbocycles. The van der Waals surface area contributed by atoms with Gasteiger partial charge in [-0.3, -0.25) is 0 Å². The highest BCUT2D eigenvalue weighted by atomic mass is 79.9. The van der Waals surface area contributed by atoms with E-state index in [2.05, 4.69) is 69.4 Å². The fraction of sp³-hybridized carbons (Fsp3) is 0.375. The molecule has 4 nitrogen and oxygen atoms in total. The minimum Gasteiger partial charge on any atom is -0.370 e. The molecule has 2 N–H and O–H groups in total.